The van der Waals surface area contributed by atoms with E-state index in [9.17, 15) is 13.2 Å². The summed E-state index contributed by atoms with van der Waals surface area (Å²) in [5.41, 5.74) is 0.110. The average Bonchev–Trinajstić information content (AvgIpc) is 3.27. The van der Waals surface area contributed by atoms with Gasteiger partial charge in [-0.2, -0.15) is 18.3 Å². The van der Waals surface area contributed by atoms with Crippen LogP contribution in [0.3, 0.4) is 0 Å². The number of thiazole rings is 1. The fourth-order valence-corrected chi connectivity index (χ4v) is 3.46. The van der Waals surface area contributed by atoms with Crippen LogP contribution < -0.4 is 5.32 Å². The van der Waals surface area contributed by atoms with Crippen molar-refractivity contribution in [3.8, 4) is 0 Å². The van der Waals surface area contributed by atoms with Gasteiger partial charge < -0.3 is 15.0 Å². The minimum absolute atomic E-state index is 0. The number of hydrogen-bond donors (Lipinski definition) is 1. The number of aryl methyl sites for hydroxylation is 1. The van der Waals surface area contributed by atoms with Crippen LogP contribution in [0.25, 0.3) is 0 Å². The molecule has 1 fully saturated rings. The Hall–Kier alpha value is -1.41. The molecular weight excluding hydrogens is 508 g/mol. The molecule has 0 aromatic carbocycles. The Balaban J connectivity index is 0.00000280. The van der Waals surface area contributed by atoms with E-state index in [0.717, 1.165) is 22.3 Å². The van der Waals surface area contributed by atoms with Crippen LogP contribution in [0.2, 0.25) is 0 Å². The Bertz CT molecular complexity index is 793. The highest BCUT2D eigenvalue weighted by Crippen LogP contribution is 2.30. The second-order valence-corrected chi connectivity index (χ2v) is 6.99. The lowest BCUT2D eigenvalue weighted by molar-refractivity contribution is -0.140. The number of halogens is 4. The molecular formula is C16H22F3IN6OS. The molecule has 2 aromatic rings. The molecule has 2 aromatic heterocycles. The maximum Gasteiger partial charge on any atom is 0.434 e. The van der Waals surface area contributed by atoms with E-state index >= 15 is 0 Å². The Morgan fingerprint density at radius 1 is 1.46 bits per heavy atom. The van der Waals surface area contributed by atoms with Crippen LogP contribution in [0.5, 0.6) is 0 Å². The number of guanidine groups is 1. The van der Waals surface area contributed by atoms with E-state index in [2.05, 4.69) is 20.4 Å². The van der Waals surface area contributed by atoms with Crippen molar-refractivity contribution in [1.29, 1.82) is 0 Å². The highest BCUT2D eigenvalue weighted by atomic mass is 127. The number of nitrogens with one attached hydrogen (secondary N) is 1. The number of rotatable bonds is 4. The minimum atomic E-state index is -4.43. The first kappa shape index (κ1) is 22.9. The first-order valence-electron chi connectivity index (χ1n) is 8.52. The monoisotopic (exact) mass is 530 g/mol. The molecule has 0 aliphatic carbocycles. The van der Waals surface area contributed by atoms with Crippen molar-refractivity contribution in [3.63, 3.8) is 0 Å². The van der Waals surface area contributed by atoms with Crippen LogP contribution in [0.1, 0.15) is 29.3 Å². The smallest absolute Gasteiger partial charge is 0.370 e. The summed E-state index contributed by atoms with van der Waals surface area (Å²) in [6.07, 6.45) is -0.878. The Morgan fingerprint density at radius 2 is 2.25 bits per heavy atom. The third kappa shape index (κ3) is 5.80. The predicted molar refractivity (Wildman–Crippen MR) is 111 cm³/mol. The summed E-state index contributed by atoms with van der Waals surface area (Å²) < 4.78 is 45.6. The van der Waals surface area contributed by atoms with E-state index in [1.807, 2.05) is 25.1 Å². The van der Waals surface area contributed by atoms with Gasteiger partial charge in [0.1, 0.15) is 11.1 Å². The van der Waals surface area contributed by atoms with E-state index in [-0.39, 0.29) is 36.6 Å². The topological polar surface area (TPSA) is 67.6 Å². The third-order valence-corrected chi connectivity index (χ3v) is 4.84. The van der Waals surface area contributed by atoms with Gasteiger partial charge in [0.05, 0.1) is 25.9 Å². The molecule has 1 aliphatic rings. The first-order chi connectivity index (χ1) is 12.9. The van der Waals surface area contributed by atoms with E-state index in [1.54, 1.807) is 10.9 Å². The summed E-state index contributed by atoms with van der Waals surface area (Å²) in [4.78, 5) is 10.1. The molecule has 156 valence electrons. The second kappa shape index (κ2) is 9.87. The van der Waals surface area contributed by atoms with Gasteiger partial charge in [0, 0.05) is 37.3 Å². The van der Waals surface area contributed by atoms with Gasteiger partial charge in [-0.25, -0.2) is 9.98 Å². The quantitative estimate of drug-likeness (QED) is 0.374. The Morgan fingerprint density at radius 3 is 2.86 bits per heavy atom. The van der Waals surface area contributed by atoms with Crippen molar-refractivity contribution in [2.24, 2.45) is 12.0 Å². The molecule has 0 amide bonds. The fourth-order valence-electron chi connectivity index (χ4n) is 2.73. The zero-order valence-electron chi connectivity index (χ0n) is 15.4. The van der Waals surface area contributed by atoms with Gasteiger partial charge in [-0.15, -0.1) is 35.3 Å². The predicted octanol–water partition coefficient (Wildman–Crippen LogP) is 3.05. The zero-order chi connectivity index (χ0) is 19.4. The van der Waals surface area contributed by atoms with Crippen molar-refractivity contribution in [2.45, 2.75) is 25.7 Å². The first-order valence-corrected chi connectivity index (χ1v) is 9.39. The number of aliphatic imine (C=N–C) groups is 1. The maximum absolute atomic E-state index is 12.7. The fraction of sp³-hybridized carbons (Fsp3) is 0.562. The van der Waals surface area contributed by atoms with Gasteiger partial charge in [0.25, 0.3) is 0 Å². The molecule has 1 aliphatic heterocycles. The van der Waals surface area contributed by atoms with Crippen LogP contribution in [0.4, 0.5) is 13.2 Å². The molecule has 7 nitrogen and oxygen atoms in total. The number of hydrogen-bond acceptors (Lipinski definition) is 5. The second-order valence-electron chi connectivity index (χ2n) is 6.05. The standard InChI is InChI=1S/C16H21F3N6OS.HI/c1-3-20-15(21-7-14-23-13(10-27-14)16(17,18)19)25-4-5-26-12(9-25)11-6-22-24(2)8-11;/h6,8,10,12H,3-5,7,9H2,1-2H3,(H,20,21);1H. The molecule has 1 atom stereocenters. The van der Waals surface area contributed by atoms with Crippen LogP contribution in [0, 0.1) is 0 Å². The molecule has 12 heteroatoms. The molecule has 3 heterocycles. The number of alkyl halides is 3. The molecule has 1 unspecified atom stereocenters. The summed E-state index contributed by atoms with van der Waals surface area (Å²) in [6.45, 7) is 4.45. The minimum Gasteiger partial charge on any atom is -0.370 e. The Kier molecular flexibility index (Phi) is 8.07. The highest BCUT2D eigenvalue weighted by molar-refractivity contribution is 14.0. The molecule has 0 bridgehead atoms. The lowest BCUT2D eigenvalue weighted by atomic mass is 10.1. The SMILES string of the molecule is CCNC(=NCc1nc(C(F)(F)F)cs1)N1CCOC(c2cnn(C)c2)C1.I. The summed E-state index contributed by atoms with van der Waals surface area (Å²) in [5.74, 6) is 0.637. The van der Waals surface area contributed by atoms with E-state index in [0.29, 0.717) is 37.2 Å². The number of aromatic nitrogens is 3. The van der Waals surface area contributed by atoms with Crippen LogP contribution in [-0.2, 0) is 24.5 Å². The van der Waals surface area contributed by atoms with Gasteiger partial charge >= 0.3 is 6.18 Å². The van der Waals surface area contributed by atoms with Gasteiger partial charge in [-0.1, -0.05) is 0 Å². The lowest BCUT2D eigenvalue weighted by Gasteiger charge is -2.34. The third-order valence-electron chi connectivity index (χ3n) is 4.00. The number of morpholine rings is 1. The van der Waals surface area contributed by atoms with Crippen molar-refractivity contribution in [3.05, 3.63) is 34.0 Å². The van der Waals surface area contributed by atoms with Crippen molar-refractivity contribution >= 4 is 41.3 Å². The largest absolute Gasteiger partial charge is 0.434 e. The molecule has 0 saturated carbocycles. The van der Waals surface area contributed by atoms with Gasteiger partial charge in [0.15, 0.2) is 11.7 Å². The van der Waals surface area contributed by atoms with E-state index in [4.69, 9.17) is 4.74 Å². The van der Waals surface area contributed by atoms with Crippen LogP contribution >= 0.6 is 35.3 Å². The summed E-state index contributed by atoms with van der Waals surface area (Å²) in [6, 6.07) is 0. The van der Waals surface area contributed by atoms with Gasteiger partial charge in [-0.3, -0.25) is 4.68 Å². The molecule has 1 saturated heterocycles. The van der Waals surface area contributed by atoms with E-state index < -0.39 is 11.9 Å². The normalized spacial score (nSPS) is 18.1. The van der Waals surface area contributed by atoms with Gasteiger partial charge in [-0.05, 0) is 6.92 Å². The maximum atomic E-state index is 12.7. The van der Waals surface area contributed by atoms with Crippen LogP contribution in [-0.4, -0.2) is 51.9 Å². The summed E-state index contributed by atoms with van der Waals surface area (Å²) in [5, 5.41) is 8.71. The summed E-state index contributed by atoms with van der Waals surface area (Å²) >= 11 is 0.963. The average molecular weight is 530 g/mol. The number of ether oxygens (including phenoxy) is 1. The summed E-state index contributed by atoms with van der Waals surface area (Å²) in [7, 11) is 1.85. The van der Waals surface area contributed by atoms with Crippen molar-refractivity contribution in [2.75, 3.05) is 26.2 Å². The van der Waals surface area contributed by atoms with Crippen molar-refractivity contribution < 1.29 is 17.9 Å². The van der Waals surface area contributed by atoms with Crippen molar-refractivity contribution in [1.82, 2.24) is 25.0 Å². The molecule has 28 heavy (non-hydrogen) atoms. The number of nitrogens with zero attached hydrogens (tertiary/aromatic N) is 5. The molecule has 1 N–H and O–H groups in total. The van der Waals surface area contributed by atoms with E-state index in [1.165, 1.54) is 0 Å². The molecule has 0 spiro atoms. The Labute approximate surface area is 182 Å². The zero-order valence-corrected chi connectivity index (χ0v) is 18.6. The molecule has 0 radical (unpaired) electrons. The highest BCUT2D eigenvalue weighted by Gasteiger charge is 2.33. The molecule has 3 rings (SSSR count). The van der Waals surface area contributed by atoms with Crippen LogP contribution in [0.15, 0.2) is 22.8 Å². The lowest BCUT2D eigenvalue weighted by Crippen LogP contribution is -2.48. The van der Waals surface area contributed by atoms with Gasteiger partial charge in [0.2, 0.25) is 0 Å².